The monoisotopic (exact) mass is 462 g/mol. The van der Waals surface area contributed by atoms with Crippen molar-refractivity contribution >= 4 is 47.2 Å². The van der Waals surface area contributed by atoms with Crippen molar-refractivity contribution in [2.45, 2.75) is 12.8 Å². The van der Waals surface area contributed by atoms with Gasteiger partial charge >= 0.3 is 0 Å². The zero-order chi connectivity index (χ0) is 16.3. The van der Waals surface area contributed by atoms with Crippen LogP contribution in [0.25, 0.3) is 0 Å². The molecular formula is C16H23IN4O2S. The number of carbonyl (C=O) groups excluding carboxylic acids is 1. The van der Waals surface area contributed by atoms with E-state index in [0.29, 0.717) is 6.54 Å². The lowest BCUT2D eigenvalue weighted by Crippen LogP contribution is -2.39. The number of aliphatic imine (C=N–C) groups is 1. The van der Waals surface area contributed by atoms with E-state index < -0.39 is 0 Å². The molecule has 2 heterocycles. The van der Waals surface area contributed by atoms with E-state index in [2.05, 4.69) is 20.9 Å². The smallest absolute Gasteiger partial charge is 0.261 e. The molecule has 0 saturated heterocycles. The number of hydrogen-bond acceptors (Lipinski definition) is 4. The minimum absolute atomic E-state index is 0. The Bertz CT molecular complexity index is 600. The number of furan rings is 1. The Labute approximate surface area is 163 Å². The first-order chi connectivity index (χ1) is 11.3. The molecule has 0 aliphatic heterocycles. The number of nitrogens with zero attached hydrogens (tertiary/aromatic N) is 1. The highest BCUT2D eigenvalue weighted by molar-refractivity contribution is 14.0. The third-order valence-electron chi connectivity index (χ3n) is 3.14. The number of nitrogens with one attached hydrogen (secondary N) is 3. The summed E-state index contributed by atoms with van der Waals surface area (Å²) in [6.07, 6.45) is 3.31. The zero-order valence-corrected chi connectivity index (χ0v) is 16.7. The van der Waals surface area contributed by atoms with Crippen LogP contribution in [0.15, 0.2) is 45.3 Å². The molecule has 8 heteroatoms. The molecule has 0 bridgehead atoms. The van der Waals surface area contributed by atoms with Gasteiger partial charge in [-0.2, -0.15) is 0 Å². The second-order valence-corrected chi connectivity index (χ2v) is 5.79. The molecular weight excluding hydrogens is 439 g/mol. The van der Waals surface area contributed by atoms with Crippen molar-refractivity contribution in [3.05, 3.63) is 46.5 Å². The lowest BCUT2D eigenvalue weighted by molar-refractivity contribution is 0.0957. The summed E-state index contributed by atoms with van der Waals surface area (Å²) in [7, 11) is 1.74. The number of thiophene rings is 1. The maximum absolute atomic E-state index is 11.7. The van der Waals surface area contributed by atoms with Gasteiger partial charge in [-0.3, -0.25) is 9.79 Å². The highest BCUT2D eigenvalue weighted by atomic mass is 127. The number of hydrogen-bond donors (Lipinski definition) is 3. The molecule has 0 aliphatic carbocycles. The van der Waals surface area contributed by atoms with Gasteiger partial charge in [0.1, 0.15) is 5.76 Å². The van der Waals surface area contributed by atoms with E-state index in [0.717, 1.165) is 42.5 Å². The lowest BCUT2D eigenvalue weighted by Gasteiger charge is -2.11. The predicted molar refractivity (Wildman–Crippen MR) is 108 cm³/mol. The highest BCUT2D eigenvalue weighted by Crippen LogP contribution is 2.07. The van der Waals surface area contributed by atoms with Crippen molar-refractivity contribution in [1.29, 1.82) is 0 Å². The third kappa shape index (κ3) is 7.35. The molecule has 0 unspecified atom stereocenters. The fraction of sp³-hybridized carbons (Fsp3) is 0.375. The Kier molecular flexibility index (Phi) is 10.2. The van der Waals surface area contributed by atoms with Crippen LogP contribution in [0.1, 0.15) is 21.9 Å². The van der Waals surface area contributed by atoms with Crippen molar-refractivity contribution in [2.24, 2.45) is 4.99 Å². The Balaban J connectivity index is 0.00000288. The number of rotatable bonds is 8. The van der Waals surface area contributed by atoms with Gasteiger partial charge in [-0.1, -0.05) is 6.07 Å². The lowest BCUT2D eigenvalue weighted by atomic mass is 10.3. The molecule has 2 aromatic heterocycles. The van der Waals surface area contributed by atoms with Crippen LogP contribution >= 0.6 is 35.3 Å². The Morgan fingerprint density at radius 2 is 1.96 bits per heavy atom. The fourth-order valence-corrected chi connectivity index (χ4v) is 2.61. The van der Waals surface area contributed by atoms with Gasteiger partial charge < -0.3 is 20.4 Å². The highest BCUT2D eigenvalue weighted by Gasteiger charge is 2.04. The summed E-state index contributed by atoms with van der Waals surface area (Å²) in [5, 5.41) is 11.2. The van der Waals surface area contributed by atoms with E-state index in [1.54, 1.807) is 13.3 Å². The van der Waals surface area contributed by atoms with Gasteiger partial charge in [-0.05, 0) is 30.0 Å². The standard InChI is InChI=1S/C16H22N4O2S.HI/c1-17-16(20-10-7-13-5-2-11-22-13)19-9-4-8-18-15(21)14-6-3-12-23-14;/h2-3,5-6,11-12H,4,7-10H2,1H3,(H,18,21)(H2,17,19,20);1H. The molecule has 0 fully saturated rings. The van der Waals surface area contributed by atoms with Crippen LogP contribution < -0.4 is 16.0 Å². The van der Waals surface area contributed by atoms with Crippen molar-refractivity contribution in [2.75, 3.05) is 26.7 Å². The van der Waals surface area contributed by atoms with E-state index >= 15 is 0 Å². The van der Waals surface area contributed by atoms with Crippen LogP contribution in [0.2, 0.25) is 0 Å². The topological polar surface area (TPSA) is 78.7 Å². The van der Waals surface area contributed by atoms with Crippen LogP contribution in [0, 0.1) is 0 Å². The van der Waals surface area contributed by atoms with Crippen LogP contribution in [-0.2, 0) is 6.42 Å². The first kappa shape index (κ1) is 20.5. The van der Waals surface area contributed by atoms with Crippen LogP contribution in [-0.4, -0.2) is 38.5 Å². The number of carbonyl (C=O) groups is 1. The van der Waals surface area contributed by atoms with Gasteiger partial charge in [0.05, 0.1) is 11.1 Å². The second-order valence-electron chi connectivity index (χ2n) is 4.84. The summed E-state index contributed by atoms with van der Waals surface area (Å²) >= 11 is 1.45. The quantitative estimate of drug-likeness (QED) is 0.244. The largest absolute Gasteiger partial charge is 0.469 e. The van der Waals surface area contributed by atoms with Crippen molar-refractivity contribution in [3.8, 4) is 0 Å². The molecule has 0 aromatic carbocycles. The van der Waals surface area contributed by atoms with Crippen LogP contribution in [0.4, 0.5) is 0 Å². The summed E-state index contributed by atoms with van der Waals surface area (Å²) in [6, 6.07) is 7.53. The molecule has 3 N–H and O–H groups in total. The summed E-state index contributed by atoms with van der Waals surface area (Å²) in [5.41, 5.74) is 0. The van der Waals surface area contributed by atoms with Crippen LogP contribution in [0.5, 0.6) is 0 Å². The Morgan fingerprint density at radius 1 is 1.17 bits per heavy atom. The molecule has 0 atom stereocenters. The average Bonchev–Trinajstić information content (AvgIpc) is 3.26. The van der Waals surface area contributed by atoms with Gasteiger partial charge in [0, 0.05) is 33.1 Å². The fourth-order valence-electron chi connectivity index (χ4n) is 1.97. The molecule has 24 heavy (non-hydrogen) atoms. The van der Waals surface area contributed by atoms with Gasteiger partial charge in [-0.25, -0.2) is 0 Å². The molecule has 2 aromatic rings. The second kappa shape index (κ2) is 11.9. The number of amides is 1. The van der Waals surface area contributed by atoms with Crippen molar-refractivity contribution in [3.63, 3.8) is 0 Å². The average molecular weight is 462 g/mol. The minimum Gasteiger partial charge on any atom is -0.469 e. The van der Waals surface area contributed by atoms with E-state index in [1.807, 2.05) is 29.6 Å². The Hall–Kier alpha value is -1.55. The Morgan fingerprint density at radius 3 is 2.62 bits per heavy atom. The van der Waals surface area contributed by atoms with Crippen molar-refractivity contribution in [1.82, 2.24) is 16.0 Å². The van der Waals surface area contributed by atoms with Gasteiger partial charge in [0.2, 0.25) is 0 Å². The van der Waals surface area contributed by atoms with Gasteiger partial charge in [0.15, 0.2) is 5.96 Å². The van der Waals surface area contributed by atoms with E-state index in [1.165, 1.54) is 11.3 Å². The molecule has 132 valence electrons. The van der Waals surface area contributed by atoms with Crippen LogP contribution in [0.3, 0.4) is 0 Å². The summed E-state index contributed by atoms with van der Waals surface area (Å²) in [4.78, 5) is 16.6. The predicted octanol–water partition coefficient (Wildman–Crippen LogP) is 2.49. The van der Waals surface area contributed by atoms with E-state index in [9.17, 15) is 4.79 Å². The molecule has 0 saturated carbocycles. The molecule has 1 amide bonds. The maximum Gasteiger partial charge on any atom is 0.261 e. The SMILES string of the molecule is CN=C(NCCCNC(=O)c1cccs1)NCCc1ccco1.I. The summed E-state index contributed by atoms with van der Waals surface area (Å²) < 4.78 is 5.28. The number of halogens is 1. The van der Waals surface area contributed by atoms with Gasteiger partial charge in [0.25, 0.3) is 5.91 Å². The molecule has 2 rings (SSSR count). The summed E-state index contributed by atoms with van der Waals surface area (Å²) in [5.74, 6) is 1.69. The zero-order valence-electron chi connectivity index (χ0n) is 13.6. The summed E-state index contributed by atoms with van der Waals surface area (Å²) in [6.45, 7) is 2.13. The minimum atomic E-state index is -0.0130. The first-order valence-electron chi connectivity index (χ1n) is 7.58. The normalized spacial score (nSPS) is 10.8. The molecule has 6 nitrogen and oxygen atoms in total. The molecule has 0 spiro atoms. The van der Waals surface area contributed by atoms with Gasteiger partial charge in [-0.15, -0.1) is 35.3 Å². The van der Waals surface area contributed by atoms with E-state index in [4.69, 9.17) is 4.42 Å². The number of guanidine groups is 1. The maximum atomic E-state index is 11.7. The van der Waals surface area contributed by atoms with Crippen molar-refractivity contribution < 1.29 is 9.21 Å². The first-order valence-corrected chi connectivity index (χ1v) is 8.46. The van der Waals surface area contributed by atoms with E-state index in [-0.39, 0.29) is 29.9 Å². The molecule has 0 radical (unpaired) electrons. The third-order valence-corrected chi connectivity index (χ3v) is 4.01. The molecule has 0 aliphatic rings.